The van der Waals surface area contributed by atoms with Gasteiger partial charge in [-0.25, -0.2) is 4.39 Å². The van der Waals surface area contributed by atoms with Gasteiger partial charge in [0.1, 0.15) is 5.56 Å². The highest BCUT2D eigenvalue weighted by Gasteiger charge is 2.40. The minimum Gasteiger partial charge on any atom is -0.491 e. The van der Waals surface area contributed by atoms with Crippen LogP contribution in [0.5, 0.6) is 5.75 Å². The molecular weight excluding hydrogens is 412 g/mol. The number of rotatable bonds is 8. The number of ether oxygens (including phenoxy) is 2. The van der Waals surface area contributed by atoms with Gasteiger partial charge in [-0.15, -0.1) is 0 Å². The fourth-order valence-corrected chi connectivity index (χ4v) is 4.99. The summed E-state index contributed by atoms with van der Waals surface area (Å²) in [5.41, 5.74) is -2.16. The van der Waals surface area contributed by atoms with E-state index < -0.39 is 34.7 Å². The number of hydrogen-bond donors (Lipinski definition) is 0. The van der Waals surface area contributed by atoms with Gasteiger partial charge in [0.25, 0.3) is 0 Å². The summed E-state index contributed by atoms with van der Waals surface area (Å²) in [4.78, 5) is 12.5. The molecule has 0 spiro atoms. The molecule has 7 heteroatoms. The lowest BCUT2D eigenvalue weighted by Crippen LogP contribution is -2.31. The zero-order valence-electron chi connectivity index (χ0n) is 18.1. The minimum atomic E-state index is -4.97. The summed E-state index contributed by atoms with van der Waals surface area (Å²) in [6.07, 6.45) is 4.62. The summed E-state index contributed by atoms with van der Waals surface area (Å²) >= 11 is 0. The Hall–Kier alpha value is -1.63. The Morgan fingerprint density at radius 1 is 1.10 bits per heavy atom. The van der Waals surface area contributed by atoms with Crippen LogP contribution in [-0.4, -0.2) is 25.1 Å². The van der Waals surface area contributed by atoms with E-state index >= 15 is 0 Å². The van der Waals surface area contributed by atoms with Crippen molar-refractivity contribution in [3.05, 3.63) is 29.1 Å². The Balaban J connectivity index is 1.52. The molecule has 1 saturated carbocycles. The lowest BCUT2D eigenvalue weighted by atomic mass is 9.77. The SMILES string of the molecule is CCOc1ccc(C(=O)CCCC2CCC(C3CCCCC3)CO2)c(C(F)(F)F)c1F. The number of benzene rings is 1. The molecule has 1 aromatic carbocycles. The van der Waals surface area contributed by atoms with E-state index in [9.17, 15) is 22.4 Å². The molecule has 2 fully saturated rings. The van der Waals surface area contributed by atoms with Crippen molar-refractivity contribution in [2.75, 3.05) is 13.2 Å². The van der Waals surface area contributed by atoms with Crippen molar-refractivity contribution in [2.45, 2.75) is 83.4 Å². The summed E-state index contributed by atoms with van der Waals surface area (Å²) in [6, 6.07) is 2.11. The number of Topliss-reactive ketones (excluding diaryl/α,β-unsaturated/α-hetero) is 1. The fraction of sp³-hybridized carbons (Fsp3) is 0.708. The normalized spacial score (nSPS) is 23.0. The van der Waals surface area contributed by atoms with E-state index in [0.29, 0.717) is 18.8 Å². The molecule has 174 valence electrons. The summed E-state index contributed by atoms with van der Waals surface area (Å²) in [7, 11) is 0. The van der Waals surface area contributed by atoms with Crippen molar-refractivity contribution in [3.8, 4) is 5.75 Å². The largest absolute Gasteiger partial charge is 0.491 e. The second kappa shape index (κ2) is 10.8. The maximum atomic E-state index is 14.4. The lowest BCUT2D eigenvalue weighted by Gasteiger charge is -2.36. The van der Waals surface area contributed by atoms with Crippen LogP contribution in [0.4, 0.5) is 17.6 Å². The first-order valence-electron chi connectivity index (χ1n) is 11.5. The maximum absolute atomic E-state index is 14.4. The molecule has 1 saturated heterocycles. The van der Waals surface area contributed by atoms with Crippen molar-refractivity contribution in [1.29, 1.82) is 0 Å². The van der Waals surface area contributed by atoms with Crippen molar-refractivity contribution >= 4 is 5.78 Å². The predicted molar refractivity (Wildman–Crippen MR) is 110 cm³/mol. The number of carbonyl (C=O) groups excluding carboxylic acids is 1. The average molecular weight is 445 g/mol. The first-order valence-corrected chi connectivity index (χ1v) is 11.5. The van der Waals surface area contributed by atoms with Crippen LogP contribution in [-0.2, 0) is 10.9 Å². The third-order valence-corrected chi connectivity index (χ3v) is 6.64. The molecule has 0 radical (unpaired) electrons. The zero-order valence-corrected chi connectivity index (χ0v) is 18.1. The van der Waals surface area contributed by atoms with E-state index in [1.807, 2.05) is 0 Å². The lowest BCUT2D eigenvalue weighted by molar-refractivity contribution is -0.140. The van der Waals surface area contributed by atoms with E-state index in [0.717, 1.165) is 37.5 Å². The van der Waals surface area contributed by atoms with Crippen LogP contribution in [0.25, 0.3) is 0 Å². The van der Waals surface area contributed by atoms with Crippen LogP contribution < -0.4 is 4.74 Å². The van der Waals surface area contributed by atoms with Gasteiger partial charge in [0.2, 0.25) is 0 Å². The number of ketones is 1. The summed E-state index contributed by atoms with van der Waals surface area (Å²) < 4.78 is 65.6. The average Bonchev–Trinajstić information content (AvgIpc) is 2.75. The van der Waals surface area contributed by atoms with E-state index in [1.165, 1.54) is 32.1 Å². The molecule has 0 N–H and O–H groups in total. The number of halogens is 4. The van der Waals surface area contributed by atoms with Crippen molar-refractivity contribution < 1.29 is 31.8 Å². The number of carbonyl (C=O) groups is 1. The van der Waals surface area contributed by atoms with Gasteiger partial charge in [0.15, 0.2) is 17.3 Å². The Kier molecular flexibility index (Phi) is 8.36. The minimum absolute atomic E-state index is 0.0322. The van der Waals surface area contributed by atoms with Gasteiger partial charge < -0.3 is 9.47 Å². The van der Waals surface area contributed by atoms with Crippen molar-refractivity contribution in [3.63, 3.8) is 0 Å². The fourth-order valence-electron chi connectivity index (χ4n) is 4.99. The summed E-state index contributed by atoms with van der Waals surface area (Å²) in [5.74, 6) is -1.35. The van der Waals surface area contributed by atoms with Crippen molar-refractivity contribution in [1.82, 2.24) is 0 Å². The summed E-state index contributed by atoms with van der Waals surface area (Å²) in [6.45, 7) is 2.33. The third-order valence-electron chi connectivity index (χ3n) is 6.64. The molecule has 0 amide bonds. The van der Waals surface area contributed by atoms with Crippen LogP contribution in [0.15, 0.2) is 12.1 Å². The number of hydrogen-bond acceptors (Lipinski definition) is 3. The van der Waals surface area contributed by atoms with E-state index in [-0.39, 0.29) is 19.1 Å². The van der Waals surface area contributed by atoms with E-state index in [2.05, 4.69) is 0 Å². The van der Waals surface area contributed by atoms with Gasteiger partial charge >= 0.3 is 6.18 Å². The van der Waals surface area contributed by atoms with Gasteiger partial charge in [-0.3, -0.25) is 4.79 Å². The molecule has 2 aliphatic rings. The quantitative estimate of drug-likeness (QED) is 0.321. The second-order valence-corrected chi connectivity index (χ2v) is 8.74. The van der Waals surface area contributed by atoms with E-state index in [1.54, 1.807) is 6.92 Å². The standard InChI is InChI=1S/C24H32F4O3/c1-2-30-21-14-13-19(22(23(21)25)24(26,27)28)20(29)10-6-9-18-12-11-17(15-31-18)16-7-4-3-5-8-16/h13-14,16-18H,2-12,15H2,1H3. The maximum Gasteiger partial charge on any atom is 0.420 e. The Morgan fingerprint density at radius 3 is 2.45 bits per heavy atom. The van der Waals surface area contributed by atoms with Crippen LogP contribution in [0.1, 0.15) is 87.1 Å². The van der Waals surface area contributed by atoms with Gasteiger partial charge in [0.05, 0.1) is 19.3 Å². The predicted octanol–water partition coefficient (Wildman–Crippen LogP) is 6.97. The zero-order chi connectivity index (χ0) is 22.4. The molecule has 2 atom stereocenters. The molecule has 0 bridgehead atoms. The monoisotopic (exact) mass is 444 g/mol. The number of alkyl halides is 3. The highest BCUT2D eigenvalue weighted by Crippen LogP contribution is 2.39. The molecule has 31 heavy (non-hydrogen) atoms. The molecular formula is C24H32F4O3. The summed E-state index contributed by atoms with van der Waals surface area (Å²) in [5, 5.41) is 0. The first kappa shape index (κ1) is 24.0. The van der Waals surface area contributed by atoms with Crippen LogP contribution >= 0.6 is 0 Å². The van der Waals surface area contributed by atoms with Gasteiger partial charge in [-0.05, 0) is 56.6 Å². The van der Waals surface area contributed by atoms with Crippen LogP contribution in [0, 0.1) is 17.7 Å². The molecule has 2 unspecified atom stereocenters. The molecule has 1 heterocycles. The molecule has 1 aliphatic heterocycles. The molecule has 1 aliphatic carbocycles. The highest BCUT2D eigenvalue weighted by atomic mass is 19.4. The molecule has 3 rings (SSSR count). The highest BCUT2D eigenvalue weighted by molar-refractivity contribution is 5.97. The van der Waals surface area contributed by atoms with Gasteiger partial charge in [-0.1, -0.05) is 32.1 Å². The third kappa shape index (κ3) is 6.21. The Morgan fingerprint density at radius 2 is 1.84 bits per heavy atom. The molecule has 3 nitrogen and oxygen atoms in total. The second-order valence-electron chi connectivity index (χ2n) is 8.74. The van der Waals surface area contributed by atoms with Crippen LogP contribution in [0.3, 0.4) is 0 Å². The first-order chi connectivity index (χ1) is 14.8. The topological polar surface area (TPSA) is 35.5 Å². The van der Waals surface area contributed by atoms with Crippen LogP contribution in [0.2, 0.25) is 0 Å². The Labute approximate surface area is 181 Å². The molecule has 1 aromatic rings. The van der Waals surface area contributed by atoms with E-state index in [4.69, 9.17) is 9.47 Å². The smallest absolute Gasteiger partial charge is 0.420 e. The van der Waals surface area contributed by atoms with Gasteiger partial charge in [-0.2, -0.15) is 13.2 Å². The van der Waals surface area contributed by atoms with Crippen molar-refractivity contribution in [2.24, 2.45) is 11.8 Å². The van der Waals surface area contributed by atoms with Gasteiger partial charge in [0, 0.05) is 12.0 Å². The Bertz CT molecular complexity index is 733. The molecule has 0 aromatic heterocycles.